The number of rotatable bonds is 19. The molecule has 13 nitrogen and oxygen atoms in total. The number of nitrogens with zero attached hydrogens (tertiary/aromatic N) is 4. The van der Waals surface area contributed by atoms with Gasteiger partial charge in [0, 0.05) is 51.0 Å². The Morgan fingerprint density at radius 3 is 2.13 bits per heavy atom. The van der Waals surface area contributed by atoms with Crippen molar-refractivity contribution < 1.29 is 29.0 Å². The fourth-order valence-electron chi connectivity index (χ4n) is 6.36. The Hall–Kier alpha value is -5.01. The Bertz CT molecular complexity index is 1580. The summed E-state index contributed by atoms with van der Waals surface area (Å²) in [6.45, 7) is 8.95. The van der Waals surface area contributed by atoms with Gasteiger partial charge in [-0.3, -0.25) is 20.0 Å². The van der Waals surface area contributed by atoms with E-state index in [-0.39, 0.29) is 43.3 Å². The molecule has 13 heteroatoms. The van der Waals surface area contributed by atoms with Gasteiger partial charge in [-0.05, 0) is 41.5 Å². The molecule has 5 amide bonds. The van der Waals surface area contributed by atoms with Crippen LogP contribution in [0.1, 0.15) is 57.2 Å². The number of carbonyl (C=O) groups excluding carboxylic acids is 4. The van der Waals surface area contributed by atoms with E-state index in [0.717, 1.165) is 16.7 Å². The van der Waals surface area contributed by atoms with Crippen molar-refractivity contribution in [3.05, 3.63) is 102 Å². The number of benzene rings is 2. The molecule has 6 atom stereocenters. The van der Waals surface area contributed by atoms with Gasteiger partial charge in [-0.15, -0.1) is 0 Å². The van der Waals surface area contributed by atoms with Crippen LogP contribution in [0.25, 0.3) is 0 Å². The number of pyridine rings is 1. The van der Waals surface area contributed by atoms with Crippen molar-refractivity contribution in [2.75, 3.05) is 19.6 Å². The average molecular weight is 716 g/mol. The molecule has 1 aliphatic heterocycles. The van der Waals surface area contributed by atoms with Crippen LogP contribution in [0.4, 0.5) is 9.59 Å². The van der Waals surface area contributed by atoms with Crippen molar-refractivity contribution in [3.8, 4) is 0 Å². The molecule has 0 saturated carbocycles. The highest BCUT2D eigenvalue weighted by Crippen LogP contribution is 2.23. The van der Waals surface area contributed by atoms with Crippen LogP contribution in [-0.4, -0.2) is 92.8 Å². The quantitative estimate of drug-likeness (QED) is 0.136. The van der Waals surface area contributed by atoms with E-state index in [2.05, 4.69) is 15.7 Å². The van der Waals surface area contributed by atoms with E-state index in [1.54, 1.807) is 34.1 Å². The lowest BCUT2D eigenvalue weighted by atomic mass is 9.95. The molecule has 52 heavy (non-hydrogen) atoms. The van der Waals surface area contributed by atoms with Crippen molar-refractivity contribution in [2.24, 2.45) is 17.6 Å². The number of urea groups is 1. The highest BCUT2D eigenvalue weighted by atomic mass is 16.6. The number of primary amides is 1. The van der Waals surface area contributed by atoms with Crippen molar-refractivity contribution in [3.63, 3.8) is 0 Å². The minimum atomic E-state index is -1.18. The second kappa shape index (κ2) is 19.6. The van der Waals surface area contributed by atoms with Crippen molar-refractivity contribution >= 4 is 23.9 Å². The van der Waals surface area contributed by atoms with Gasteiger partial charge < -0.3 is 30.7 Å². The van der Waals surface area contributed by atoms with Crippen LogP contribution in [0.5, 0.6) is 0 Å². The summed E-state index contributed by atoms with van der Waals surface area (Å²) in [6.07, 6.45) is 1.51. The molecule has 0 aliphatic carbocycles. The largest absolute Gasteiger partial charge is 0.436 e. The fourth-order valence-corrected chi connectivity index (χ4v) is 6.36. The van der Waals surface area contributed by atoms with Crippen LogP contribution in [0.15, 0.2) is 85.2 Å². The molecule has 0 radical (unpaired) electrons. The van der Waals surface area contributed by atoms with Crippen LogP contribution < -0.4 is 16.5 Å². The van der Waals surface area contributed by atoms with Crippen molar-refractivity contribution in [1.29, 1.82) is 0 Å². The Kier molecular flexibility index (Phi) is 15.0. The van der Waals surface area contributed by atoms with Gasteiger partial charge >= 0.3 is 12.1 Å². The highest BCUT2D eigenvalue weighted by molar-refractivity contribution is 5.88. The lowest BCUT2D eigenvalue weighted by molar-refractivity contribution is -0.138. The second-order valence-electron chi connectivity index (χ2n) is 13.5. The van der Waals surface area contributed by atoms with Gasteiger partial charge in [0.1, 0.15) is 6.04 Å². The number of nitrogens with two attached hydrogens (primary N) is 1. The van der Waals surface area contributed by atoms with Gasteiger partial charge in [-0.2, -0.15) is 0 Å². The van der Waals surface area contributed by atoms with Gasteiger partial charge in [0.25, 0.3) is 5.91 Å². The Balaban J connectivity index is 1.58. The molecule has 1 aromatic heterocycles. The molecule has 1 aliphatic rings. The monoisotopic (exact) mass is 715 g/mol. The maximum atomic E-state index is 14.3. The number of nitrogens with one attached hydrogen (secondary N) is 2. The van der Waals surface area contributed by atoms with E-state index in [1.165, 1.54) is 0 Å². The molecule has 3 aromatic rings. The third kappa shape index (κ3) is 11.2. The third-order valence-corrected chi connectivity index (χ3v) is 9.66. The van der Waals surface area contributed by atoms with Gasteiger partial charge in [0.15, 0.2) is 6.10 Å². The number of hydrogen-bond acceptors (Lipinski definition) is 8. The maximum absolute atomic E-state index is 14.3. The number of carbonyl (C=O) groups is 4. The van der Waals surface area contributed by atoms with Gasteiger partial charge in [-0.25, -0.2) is 14.6 Å². The summed E-state index contributed by atoms with van der Waals surface area (Å²) in [6, 6.07) is 20.8. The molecule has 2 unspecified atom stereocenters. The van der Waals surface area contributed by atoms with Crippen LogP contribution in [0.2, 0.25) is 0 Å². The van der Waals surface area contributed by atoms with E-state index in [0.29, 0.717) is 32.5 Å². The third-order valence-electron chi connectivity index (χ3n) is 9.66. The van der Waals surface area contributed by atoms with Crippen LogP contribution in [0.3, 0.4) is 0 Å². The zero-order valence-electron chi connectivity index (χ0n) is 30.6. The second-order valence-corrected chi connectivity index (χ2v) is 13.5. The van der Waals surface area contributed by atoms with E-state index in [1.807, 2.05) is 93.6 Å². The number of ether oxygens (including phenoxy) is 1. The van der Waals surface area contributed by atoms with Gasteiger partial charge in [-0.1, -0.05) is 101 Å². The fraction of sp³-hybridized carbons (Fsp3) is 0.462. The van der Waals surface area contributed by atoms with E-state index < -0.39 is 36.3 Å². The Labute approximate surface area is 306 Å². The summed E-state index contributed by atoms with van der Waals surface area (Å²) in [5.41, 5.74) is 10.8. The molecule has 1 saturated heterocycles. The van der Waals surface area contributed by atoms with Gasteiger partial charge in [0.05, 0.1) is 12.1 Å². The zero-order valence-corrected chi connectivity index (χ0v) is 30.6. The number of hydrazine groups is 1. The Morgan fingerprint density at radius 1 is 0.904 bits per heavy atom. The lowest BCUT2D eigenvalue weighted by Crippen LogP contribution is -2.58. The smallest absolute Gasteiger partial charge is 0.405 e. The predicted molar refractivity (Wildman–Crippen MR) is 197 cm³/mol. The summed E-state index contributed by atoms with van der Waals surface area (Å²) >= 11 is 0. The summed E-state index contributed by atoms with van der Waals surface area (Å²) in [4.78, 5) is 60.8. The number of aliphatic hydroxyl groups excluding tert-OH is 1. The van der Waals surface area contributed by atoms with E-state index >= 15 is 0 Å². The first-order valence-corrected chi connectivity index (χ1v) is 18.0. The molecule has 2 aromatic carbocycles. The SMILES string of the molecule is CCC(C)C(OC(N)=O)C(=O)NN(Cc1ccccc1)C[C@H](O)[C@H](Cc1ccccc1)NC(=O)[C@H]([C@@H](C)CC)N1CCN(Cc2cccnc2)C1=O. The number of amides is 5. The molecule has 0 spiro atoms. The molecule has 280 valence electrons. The molecule has 0 bridgehead atoms. The van der Waals surface area contributed by atoms with E-state index in [9.17, 15) is 24.3 Å². The van der Waals surface area contributed by atoms with Crippen LogP contribution >= 0.6 is 0 Å². The standard InChI is InChI=1S/C39H53N7O6/c1-5-27(3)34(46-21-20-44(39(46)51)24-31-18-13-19-41-23-31)36(48)42-32(22-29-14-9-7-10-15-29)33(47)26-45(25-30-16-11-8-12-17-30)43-37(49)35(28(4)6-2)52-38(40)50/h7-19,23,27-28,32-35,47H,5-6,20-22,24-26H2,1-4H3,(H2,40,50)(H,42,48)(H,43,49)/t27-,28?,32-,33-,34-,35?/m0/s1. The first kappa shape index (κ1) is 39.8. The normalized spacial score (nSPS) is 16.5. The zero-order chi connectivity index (χ0) is 37.6. The number of aliphatic hydroxyl groups is 1. The molecular weight excluding hydrogens is 662 g/mol. The number of aromatic nitrogens is 1. The van der Waals surface area contributed by atoms with Crippen molar-refractivity contribution in [1.82, 2.24) is 30.5 Å². The highest BCUT2D eigenvalue weighted by Gasteiger charge is 2.41. The summed E-state index contributed by atoms with van der Waals surface area (Å²) in [7, 11) is 0. The summed E-state index contributed by atoms with van der Waals surface area (Å²) in [5, 5.41) is 16.6. The summed E-state index contributed by atoms with van der Waals surface area (Å²) in [5.74, 6) is -1.45. The molecule has 1 fully saturated rings. The topological polar surface area (TPSA) is 170 Å². The first-order chi connectivity index (χ1) is 25.0. The summed E-state index contributed by atoms with van der Waals surface area (Å²) < 4.78 is 5.20. The molecule has 5 N–H and O–H groups in total. The minimum Gasteiger partial charge on any atom is -0.436 e. The van der Waals surface area contributed by atoms with Crippen LogP contribution in [-0.2, 0) is 33.8 Å². The lowest BCUT2D eigenvalue weighted by Gasteiger charge is -2.35. The van der Waals surface area contributed by atoms with E-state index in [4.69, 9.17) is 10.5 Å². The maximum Gasteiger partial charge on any atom is 0.405 e. The molecule has 4 rings (SSSR count). The van der Waals surface area contributed by atoms with Gasteiger partial charge in [0.2, 0.25) is 5.91 Å². The minimum absolute atomic E-state index is 0.0856. The van der Waals surface area contributed by atoms with Crippen LogP contribution in [0, 0.1) is 11.8 Å². The molecular formula is C39H53N7O6. The number of hydrogen-bond donors (Lipinski definition) is 4. The Morgan fingerprint density at radius 2 is 1.54 bits per heavy atom. The molecule has 2 heterocycles. The average Bonchev–Trinajstić information content (AvgIpc) is 3.49. The first-order valence-electron chi connectivity index (χ1n) is 18.0. The van der Waals surface area contributed by atoms with Crippen molar-refractivity contribution in [2.45, 2.75) is 84.3 Å². The predicted octanol–water partition coefficient (Wildman–Crippen LogP) is 3.87.